The Morgan fingerprint density at radius 2 is 2.00 bits per heavy atom. The smallest absolute Gasteiger partial charge is 0.365 e. The third-order valence-corrected chi connectivity index (χ3v) is 3.08. The summed E-state index contributed by atoms with van der Waals surface area (Å²) in [5.74, 6) is -0.787. The number of benzene rings is 1. The van der Waals surface area contributed by atoms with Gasteiger partial charge in [-0.25, -0.2) is 4.68 Å². The number of hydrogen-bond acceptors (Lipinski definition) is 2. The van der Waals surface area contributed by atoms with Crippen LogP contribution in [0.3, 0.4) is 0 Å². The molecule has 0 aliphatic rings. The van der Waals surface area contributed by atoms with Gasteiger partial charge in [0.15, 0.2) is 0 Å². The topological polar surface area (TPSA) is 60.9 Å². The van der Waals surface area contributed by atoms with Crippen LogP contribution in [0.15, 0.2) is 30.5 Å². The maximum atomic E-state index is 12.8. The van der Waals surface area contributed by atoms with Gasteiger partial charge in [-0.3, -0.25) is 4.79 Å². The third-order valence-electron chi connectivity index (χ3n) is 2.68. The molecule has 0 aliphatic heterocycles. The van der Waals surface area contributed by atoms with Gasteiger partial charge < -0.3 is 5.73 Å². The van der Waals surface area contributed by atoms with Crippen LogP contribution >= 0.6 is 11.6 Å². The quantitative estimate of drug-likeness (QED) is 0.947. The predicted molar refractivity (Wildman–Crippen MR) is 66.3 cm³/mol. The summed E-state index contributed by atoms with van der Waals surface area (Å²) in [6.07, 6.45) is -3.34. The zero-order chi connectivity index (χ0) is 14.9. The van der Waals surface area contributed by atoms with Crippen molar-refractivity contribution in [2.24, 2.45) is 5.73 Å². The molecule has 8 heteroatoms. The Kier molecular flexibility index (Phi) is 3.71. The summed E-state index contributed by atoms with van der Waals surface area (Å²) in [6.45, 7) is -0.207. The van der Waals surface area contributed by atoms with Crippen molar-refractivity contribution in [1.82, 2.24) is 9.78 Å². The lowest BCUT2D eigenvalue weighted by Gasteiger charge is -2.13. The molecule has 0 atom stereocenters. The summed E-state index contributed by atoms with van der Waals surface area (Å²) in [5.41, 5.74) is 4.26. The second-order valence-corrected chi connectivity index (χ2v) is 4.38. The van der Waals surface area contributed by atoms with E-state index in [0.717, 1.165) is 16.9 Å². The van der Waals surface area contributed by atoms with Gasteiger partial charge in [-0.15, -0.1) is 0 Å². The number of primary amides is 1. The average molecular weight is 304 g/mol. The molecule has 0 saturated heterocycles. The summed E-state index contributed by atoms with van der Waals surface area (Å²) in [6, 6.07) is 5.08. The van der Waals surface area contributed by atoms with Gasteiger partial charge in [0, 0.05) is 0 Å². The van der Waals surface area contributed by atoms with E-state index in [1.54, 1.807) is 0 Å². The van der Waals surface area contributed by atoms with Crippen molar-refractivity contribution >= 4 is 17.5 Å². The molecule has 2 aromatic rings. The van der Waals surface area contributed by atoms with E-state index >= 15 is 0 Å². The minimum absolute atomic E-state index is 0.000945. The van der Waals surface area contributed by atoms with E-state index in [9.17, 15) is 18.0 Å². The molecule has 4 nitrogen and oxygen atoms in total. The number of carbonyl (C=O) groups excluding carboxylic acids is 1. The van der Waals surface area contributed by atoms with Crippen LogP contribution in [0.4, 0.5) is 13.2 Å². The number of amides is 1. The van der Waals surface area contributed by atoms with Crippen LogP contribution in [0.25, 0.3) is 0 Å². The largest absolute Gasteiger partial charge is 0.416 e. The SMILES string of the molecule is NC(=O)c1cnn(Cc2ccccc2C(F)(F)F)c1Cl. The van der Waals surface area contributed by atoms with Gasteiger partial charge >= 0.3 is 6.18 Å². The highest BCUT2D eigenvalue weighted by Gasteiger charge is 2.33. The molecule has 2 N–H and O–H groups in total. The Morgan fingerprint density at radius 1 is 1.35 bits per heavy atom. The van der Waals surface area contributed by atoms with Gasteiger partial charge in [0.25, 0.3) is 5.91 Å². The summed E-state index contributed by atoms with van der Waals surface area (Å²) in [5, 5.41) is 3.68. The molecule has 1 aromatic carbocycles. The maximum Gasteiger partial charge on any atom is 0.416 e. The van der Waals surface area contributed by atoms with Crippen LogP contribution in [0, 0.1) is 0 Å². The van der Waals surface area contributed by atoms with Crippen LogP contribution in [-0.4, -0.2) is 15.7 Å². The molecule has 0 saturated carbocycles. The van der Waals surface area contributed by atoms with Crippen LogP contribution in [0.1, 0.15) is 21.5 Å². The molecular weight excluding hydrogens is 295 g/mol. The second-order valence-electron chi connectivity index (χ2n) is 4.03. The van der Waals surface area contributed by atoms with Crippen LogP contribution < -0.4 is 5.73 Å². The summed E-state index contributed by atoms with van der Waals surface area (Å²) in [7, 11) is 0. The molecule has 0 bridgehead atoms. The molecule has 1 heterocycles. The van der Waals surface area contributed by atoms with Gasteiger partial charge in [-0.05, 0) is 11.6 Å². The Labute approximate surface area is 116 Å². The number of halogens is 4. The Bertz CT molecular complexity index is 652. The third kappa shape index (κ3) is 2.77. The first-order valence-electron chi connectivity index (χ1n) is 5.47. The molecule has 2 rings (SSSR count). The Balaban J connectivity index is 2.39. The number of nitrogens with zero attached hydrogens (tertiary/aromatic N) is 2. The highest BCUT2D eigenvalue weighted by Crippen LogP contribution is 2.32. The lowest BCUT2D eigenvalue weighted by Crippen LogP contribution is -2.13. The first kappa shape index (κ1) is 14.4. The molecule has 0 aliphatic carbocycles. The average Bonchev–Trinajstić information content (AvgIpc) is 2.70. The lowest BCUT2D eigenvalue weighted by atomic mass is 10.1. The van der Waals surface area contributed by atoms with Crippen molar-refractivity contribution < 1.29 is 18.0 Å². The van der Waals surface area contributed by atoms with E-state index < -0.39 is 17.6 Å². The normalized spacial score (nSPS) is 11.6. The van der Waals surface area contributed by atoms with Gasteiger partial charge in [0.2, 0.25) is 0 Å². The monoisotopic (exact) mass is 303 g/mol. The number of alkyl halides is 3. The van der Waals surface area contributed by atoms with Crippen molar-refractivity contribution in [3.8, 4) is 0 Å². The Morgan fingerprint density at radius 3 is 2.55 bits per heavy atom. The van der Waals surface area contributed by atoms with Crippen LogP contribution in [0.2, 0.25) is 5.15 Å². The van der Waals surface area contributed by atoms with E-state index in [4.69, 9.17) is 17.3 Å². The van der Waals surface area contributed by atoms with Crippen molar-refractivity contribution in [2.45, 2.75) is 12.7 Å². The first-order chi connectivity index (χ1) is 9.30. The maximum absolute atomic E-state index is 12.8. The molecule has 1 amide bonds. The molecule has 0 fully saturated rings. The van der Waals surface area contributed by atoms with Gasteiger partial charge in [-0.2, -0.15) is 18.3 Å². The van der Waals surface area contributed by atoms with Crippen molar-refractivity contribution in [3.05, 3.63) is 52.3 Å². The summed E-state index contributed by atoms with van der Waals surface area (Å²) < 4.78 is 39.6. The molecule has 0 radical (unpaired) electrons. The molecule has 0 spiro atoms. The van der Waals surface area contributed by atoms with E-state index in [2.05, 4.69) is 5.10 Å². The van der Waals surface area contributed by atoms with Crippen LogP contribution in [0.5, 0.6) is 0 Å². The van der Waals surface area contributed by atoms with Gasteiger partial charge in [-0.1, -0.05) is 29.8 Å². The fourth-order valence-corrected chi connectivity index (χ4v) is 1.99. The zero-order valence-corrected chi connectivity index (χ0v) is 10.7. The number of carbonyl (C=O) groups is 1. The lowest BCUT2D eigenvalue weighted by molar-refractivity contribution is -0.138. The van der Waals surface area contributed by atoms with Crippen molar-refractivity contribution in [3.63, 3.8) is 0 Å². The zero-order valence-electron chi connectivity index (χ0n) is 9.99. The number of rotatable bonds is 3. The molecule has 106 valence electrons. The van der Waals surface area contributed by atoms with Crippen LogP contribution in [-0.2, 0) is 12.7 Å². The molecule has 0 unspecified atom stereocenters. The van der Waals surface area contributed by atoms with Gasteiger partial charge in [0.05, 0.1) is 23.9 Å². The van der Waals surface area contributed by atoms with E-state index in [-0.39, 0.29) is 22.8 Å². The van der Waals surface area contributed by atoms with E-state index in [1.165, 1.54) is 18.2 Å². The molecule has 1 aromatic heterocycles. The molecule has 20 heavy (non-hydrogen) atoms. The summed E-state index contributed by atoms with van der Waals surface area (Å²) in [4.78, 5) is 11.0. The summed E-state index contributed by atoms with van der Waals surface area (Å²) >= 11 is 5.85. The number of nitrogens with two attached hydrogens (primary N) is 1. The first-order valence-corrected chi connectivity index (χ1v) is 5.84. The standard InChI is InChI=1S/C12H9ClF3N3O/c13-10-8(11(17)20)5-18-19(10)6-7-3-1-2-4-9(7)12(14,15)16/h1-5H,6H2,(H2,17,20). The highest BCUT2D eigenvalue weighted by atomic mass is 35.5. The number of aromatic nitrogens is 2. The molecular formula is C12H9ClF3N3O. The van der Waals surface area contributed by atoms with E-state index in [0.29, 0.717) is 0 Å². The predicted octanol–water partition coefficient (Wildman–Crippen LogP) is 2.70. The van der Waals surface area contributed by atoms with Crippen molar-refractivity contribution in [1.29, 1.82) is 0 Å². The van der Waals surface area contributed by atoms with Gasteiger partial charge in [0.1, 0.15) is 5.15 Å². The number of hydrogen-bond donors (Lipinski definition) is 1. The Hall–Kier alpha value is -2.02. The highest BCUT2D eigenvalue weighted by molar-refractivity contribution is 6.32. The van der Waals surface area contributed by atoms with Crippen molar-refractivity contribution in [2.75, 3.05) is 0 Å². The fourth-order valence-electron chi connectivity index (χ4n) is 1.74. The fraction of sp³-hybridized carbons (Fsp3) is 0.167. The minimum atomic E-state index is -4.47. The second kappa shape index (κ2) is 5.16. The minimum Gasteiger partial charge on any atom is -0.365 e. The van der Waals surface area contributed by atoms with E-state index in [1.807, 2.05) is 0 Å².